The molecule has 180 valence electrons. The van der Waals surface area contributed by atoms with Crippen molar-refractivity contribution in [1.29, 1.82) is 0 Å². The quantitative estimate of drug-likeness (QED) is 0.377. The van der Waals surface area contributed by atoms with Crippen LogP contribution in [0.3, 0.4) is 0 Å². The first kappa shape index (κ1) is 22.6. The molecule has 1 fully saturated rings. The van der Waals surface area contributed by atoms with Crippen molar-refractivity contribution in [2.24, 2.45) is 0 Å². The number of carbonyl (C=O) groups excluding carboxylic acids is 2. The average Bonchev–Trinajstić information content (AvgIpc) is 3.25. The molecule has 1 aromatic heterocycles. The topological polar surface area (TPSA) is 133 Å². The van der Waals surface area contributed by atoms with E-state index in [1.165, 1.54) is 6.33 Å². The molecule has 35 heavy (non-hydrogen) atoms. The fraction of sp³-hybridized carbons (Fsp3) is 0.308. The Kier molecular flexibility index (Phi) is 5.98. The fourth-order valence-electron chi connectivity index (χ4n) is 4.74. The molecule has 5 rings (SSSR count). The minimum absolute atomic E-state index is 0.0988. The van der Waals surface area contributed by atoms with Crippen LogP contribution in [0.2, 0.25) is 0 Å². The van der Waals surface area contributed by atoms with E-state index < -0.39 is 29.6 Å². The molecule has 9 nitrogen and oxygen atoms in total. The molecule has 3 aromatic rings. The van der Waals surface area contributed by atoms with Gasteiger partial charge in [0.1, 0.15) is 12.6 Å². The number of carbonyl (C=O) groups is 3. The summed E-state index contributed by atoms with van der Waals surface area (Å²) in [5.74, 6) is -1.53. The zero-order valence-corrected chi connectivity index (χ0v) is 19.0. The summed E-state index contributed by atoms with van der Waals surface area (Å²) < 4.78 is 5.60. The number of H-pyrrole nitrogens is 1. The Bertz CT molecular complexity index is 1210. The second-order valence-corrected chi connectivity index (χ2v) is 9.14. The van der Waals surface area contributed by atoms with E-state index >= 15 is 0 Å². The molecule has 2 aromatic carbocycles. The van der Waals surface area contributed by atoms with Crippen LogP contribution in [0.5, 0.6) is 0 Å². The molecule has 1 heterocycles. The second-order valence-electron chi connectivity index (χ2n) is 9.14. The maximum absolute atomic E-state index is 13.0. The summed E-state index contributed by atoms with van der Waals surface area (Å²) in [6.07, 6.45) is 3.54. The van der Waals surface area contributed by atoms with Crippen molar-refractivity contribution in [3.05, 3.63) is 77.9 Å². The standard InChI is InChI=1S/C26H26N4O5/c31-23(32)12-26(9-10-26)30-24(33)22(11-16-13-27-15-28-16)29-25(34)35-14-21-19-7-3-1-5-17(19)18-6-2-4-8-20(18)21/h1-8,13,15,21-22H,9-12,14H2,(H,27,28)(H,29,34)(H,30,33)(H,31,32)/t22-/m1/s1. The van der Waals surface area contributed by atoms with Crippen LogP contribution in [-0.4, -0.2) is 51.2 Å². The lowest BCUT2D eigenvalue weighted by Crippen LogP contribution is -2.52. The van der Waals surface area contributed by atoms with Crippen molar-refractivity contribution in [3.8, 4) is 11.1 Å². The number of aliphatic carboxylic acids is 1. The fourth-order valence-corrected chi connectivity index (χ4v) is 4.74. The number of nitrogens with zero attached hydrogens (tertiary/aromatic N) is 1. The molecule has 2 aliphatic carbocycles. The summed E-state index contributed by atoms with van der Waals surface area (Å²) in [7, 11) is 0. The van der Waals surface area contributed by atoms with Gasteiger partial charge in [-0.2, -0.15) is 0 Å². The van der Waals surface area contributed by atoms with Gasteiger partial charge in [0.05, 0.1) is 18.3 Å². The number of rotatable bonds is 9. The van der Waals surface area contributed by atoms with Crippen molar-refractivity contribution in [3.63, 3.8) is 0 Å². The van der Waals surface area contributed by atoms with Crippen LogP contribution in [0.25, 0.3) is 11.1 Å². The molecule has 1 saturated carbocycles. The summed E-state index contributed by atoms with van der Waals surface area (Å²) in [4.78, 5) is 43.9. The van der Waals surface area contributed by atoms with Gasteiger partial charge >= 0.3 is 12.1 Å². The number of imidazole rings is 1. The SMILES string of the molecule is O=C(O)CC1(NC(=O)[C@@H](Cc2cnc[nH]2)NC(=O)OCC2c3ccccc3-c3ccccc32)CC1. The highest BCUT2D eigenvalue weighted by molar-refractivity contribution is 5.87. The normalized spacial score (nSPS) is 16.0. The third kappa shape index (κ3) is 4.89. The molecular formula is C26H26N4O5. The Morgan fingerprint density at radius 1 is 1.09 bits per heavy atom. The highest BCUT2D eigenvalue weighted by Gasteiger charge is 2.46. The van der Waals surface area contributed by atoms with Crippen LogP contribution in [0.15, 0.2) is 61.1 Å². The third-order valence-electron chi connectivity index (χ3n) is 6.66. The predicted octanol–water partition coefficient (Wildman–Crippen LogP) is 2.98. The van der Waals surface area contributed by atoms with Crippen LogP contribution in [0.4, 0.5) is 4.79 Å². The minimum Gasteiger partial charge on any atom is -0.481 e. The largest absolute Gasteiger partial charge is 0.481 e. The summed E-state index contributed by atoms with van der Waals surface area (Å²) in [6.45, 7) is 0.126. The number of alkyl carbamates (subject to hydrolysis) is 1. The lowest BCUT2D eigenvalue weighted by atomic mass is 9.98. The zero-order valence-electron chi connectivity index (χ0n) is 19.0. The van der Waals surface area contributed by atoms with Crippen LogP contribution in [-0.2, 0) is 20.7 Å². The Labute approximate surface area is 201 Å². The van der Waals surface area contributed by atoms with Gasteiger partial charge in [0.15, 0.2) is 0 Å². The van der Waals surface area contributed by atoms with Crippen molar-refractivity contribution in [2.45, 2.75) is 43.2 Å². The van der Waals surface area contributed by atoms with Gasteiger partial charge in [0, 0.05) is 24.2 Å². The van der Waals surface area contributed by atoms with E-state index in [1.807, 2.05) is 36.4 Å². The van der Waals surface area contributed by atoms with E-state index in [1.54, 1.807) is 6.20 Å². The molecule has 0 bridgehead atoms. The van der Waals surface area contributed by atoms with E-state index in [4.69, 9.17) is 9.84 Å². The van der Waals surface area contributed by atoms with Crippen molar-refractivity contribution < 1.29 is 24.2 Å². The number of fused-ring (bicyclic) bond motifs is 3. The predicted molar refractivity (Wildman–Crippen MR) is 127 cm³/mol. The smallest absolute Gasteiger partial charge is 0.407 e. The van der Waals surface area contributed by atoms with Gasteiger partial charge in [-0.05, 0) is 35.1 Å². The first-order valence-electron chi connectivity index (χ1n) is 11.6. The lowest BCUT2D eigenvalue weighted by Gasteiger charge is -2.22. The molecule has 0 unspecified atom stereocenters. The van der Waals surface area contributed by atoms with Gasteiger partial charge in [-0.15, -0.1) is 0 Å². The second kappa shape index (κ2) is 9.25. The van der Waals surface area contributed by atoms with E-state index in [0.717, 1.165) is 22.3 Å². The molecule has 2 amide bonds. The Morgan fingerprint density at radius 3 is 2.31 bits per heavy atom. The molecule has 0 aliphatic heterocycles. The average molecular weight is 475 g/mol. The number of hydrogen-bond donors (Lipinski definition) is 4. The molecule has 0 spiro atoms. The van der Waals surface area contributed by atoms with Crippen LogP contribution < -0.4 is 10.6 Å². The van der Waals surface area contributed by atoms with E-state index in [0.29, 0.717) is 18.5 Å². The number of carboxylic acids is 1. The lowest BCUT2D eigenvalue weighted by molar-refractivity contribution is -0.138. The van der Waals surface area contributed by atoms with Crippen molar-refractivity contribution >= 4 is 18.0 Å². The number of amides is 2. The molecule has 1 atom stereocenters. The van der Waals surface area contributed by atoms with Gasteiger partial charge in [-0.3, -0.25) is 9.59 Å². The number of benzene rings is 2. The number of aromatic amines is 1. The summed E-state index contributed by atoms with van der Waals surface area (Å²) in [5, 5.41) is 14.6. The van der Waals surface area contributed by atoms with Crippen molar-refractivity contribution in [1.82, 2.24) is 20.6 Å². The van der Waals surface area contributed by atoms with Gasteiger partial charge in [0.25, 0.3) is 0 Å². The molecule has 4 N–H and O–H groups in total. The number of carboxylic acid groups (broad SMARTS) is 1. The summed E-state index contributed by atoms with van der Waals surface area (Å²) >= 11 is 0. The van der Waals surface area contributed by atoms with Gasteiger partial charge in [-0.25, -0.2) is 9.78 Å². The first-order valence-corrected chi connectivity index (χ1v) is 11.6. The Balaban J connectivity index is 1.26. The highest BCUT2D eigenvalue weighted by atomic mass is 16.5. The molecule has 9 heteroatoms. The number of ether oxygens (including phenoxy) is 1. The first-order chi connectivity index (χ1) is 16.9. The third-order valence-corrected chi connectivity index (χ3v) is 6.66. The minimum atomic E-state index is -0.975. The van der Waals surface area contributed by atoms with Gasteiger partial charge in [0.2, 0.25) is 5.91 Å². The summed E-state index contributed by atoms with van der Waals surface area (Å²) in [6, 6.07) is 15.1. The van der Waals surface area contributed by atoms with Crippen LogP contribution in [0, 0.1) is 0 Å². The molecule has 0 saturated heterocycles. The van der Waals surface area contributed by atoms with E-state index in [-0.39, 0.29) is 25.4 Å². The monoisotopic (exact) mass is 474 g/mol. The van der Waals surface area contributed by atoms with Crippen LogP contribution in [0.1, 0.15) is 42.0 Å². The number of hydrogen-bond acceptors (Lipinski definition) is 5. The highest BCUT2D eigenvalue weighted by Crippen LogP contribution is 2.44. The van der Waals surface area contributed by atoms with Crippen molar-refractivity contribution in [2.75, 3.05) is 6.61 Å². The molecule has 0 radical (unpaired) electrons. The number of aromatic nitrogens is 2. The Morgan fingerprint density at radius 2 is 1.74 bits per heavy atom. The molecular weight excluding hydrogens is 448 g/mol. The Hall–Kier alpha value is -4.14. The van der Waals surface area contributed by atoms with Gasteiger partial charge < -0.3 is 25.5 Å². The molecule has 2 aliphatic rings. The maximum atomic E-state index is 13.0. The number of nitrogens with one attached hydrogen (secondary N) is 3. The van der Waals surface area contributed by atoms with Crippen LogP contribution >= 0.6 is 0 Å². The van der Waals surface area contributed by atoms with E-state index in [2.05, 4.69) is 32.7 Å². The van der Waals surface area contributed by atoms with E-state index in [9.17, 15) is 14.4 Å². The zero-order chi connectivity index (χ0) is 24.4. The maximum Gasteiger partial charge on any atom is 0.407 e. The summed E-state index contributed by atoms with van der Waals surface area (Å²) in [5.41, 5.74) is 4.35. The van der Waals surface area contributed by atoms with Gasteiger partial charge in [-0.1, -0.05) is 48.5 Å².